The van der Waals surface area contributed by atoms with Crippen LogP contribution < -0.4 is 5.73 Å². The summed E-state index contributed by atoms with van der Waals surface area (Å²) in [4.78, 5) is 2.34. The standard InChI is InChI=1S/C13H22N2/c1-11-4-6-13(7-5-11)10-15(3)12(2)8-9-14/h4-7,12H,8-10,14H2,1-3H3. The second-order valence-electron chi connectivity index (χ2n) is 4.33. The van der Waals surface area contributed by atoms with Gasteiger partial charge in [0, 0.05) is 12.6 Å². The Labute approximate surface area is 93.1 Å². The maximum atomic E-state index is 5.55. The molecule has 0 heterocycles. The van der Waals surface area contributed by atoms with Crippen LogP contribution >= 0.6 is 0 Å². The first kappa shape index (κ1) is 12.2. The van der Waals surface area contributed by atoms with Crippen molar-refractivity contribution < 1.29 is 0 Å². The Kier molecular flexibility index (Phi) is 4.79. The van der Waals surface area contributed by atoms with Gasteiger partial charge in [0.1, 0.15) is 0 Å². The highest BCUT2D eigenvalue weighted by atomic mass is 15.1. The SMILES string of the molecule is Cc1ccc(CN(C)C(C)CCN)cc1. The third-order valence-corrected chi connectivity index (χ3v) is 2.89. The Morgan fingerprint density at radius 3 is 2.40 bits per heavy atom. The molecule has 2 heteroatoms. The van der Waals surface area contributed by atoms with E-state index >= 15 is 0 Å². The van der Waals surface area contributed by atoms with Gasteiger partial charge in [-0.1, -0.05) is 29.8 Å². The molecule has 0 bridgehead atoms. The molecule has 0 saturated heterocycles. The molecule has 1 aromatic rings. The van der Waals surface area contributed by atoms with Gasteiger partial charge in [0.25, 0.3) is 0 Å². The molecule has 84 valence electrons. The number of nitrogens with zero attached hydrogens (tertiary/aromatic N) is 1. The summed E-state index contributed by atoms with van der Waals surface area (Å²) in [6, 6.07) is 9.27. The van der Waals surface area contributed by atoms with Crippen molar-refractivity contribution in [2.24, 2.45) is 5.73 Å². The van der Waals surface area contributed by atoms with Gasteiger partial charge in [-0.2, -0.15) is 0 Å². The molecule has 0 saturated carbocycles. The van der Waals surface area contributed by atoms with E-state index in [-0.39, 0.29) is 0 Å². The van der Waals surface area contributed by atoms with Crippen LogP contribution in [0.2, 0.25) is 0 Å². The van der Waals surface area contributed by atoms with Crippen LogP contribution in [-0.2, 0) is 6.54 Å². The minimum absolute atomic E-state index is 0.552. The molecule has 0 aromatic heterocycles. The minimum Gasteiger partial charge on any atom is -0.330 e. The van der Waals surface area contributed by atoms with Crippen molar-refractivity contribution in [3.05, 3.63) is 35.4 Å². The van der Waals surface area contributed by atoms with Crippen LogP contribution in [0.3, 0.4) is 0 Å². The van der Waals surface area contributed by atoms with Gasteiger partial charge in [-0.05, 0) is 39.4 Å². The monoisotopic (exact) mass is 206 g/mol. The number of nitrogens with two attached hydrogens (primary N) is 1. The van der Waals surface area contributed by atoms with E-state index in [2.05, 4.69) is 50.1 Å². The third kappa shape index (κ3) is 4.02. The van der Waals surface area contributed by atoms with E-state index in [4.69, 9.17) is 5.73 Å². The summed E-state index contributed by atoms with van der Waals surface area (Å²) in [6.45, 7) is 6.10. The number of benzene rings is 1. The molecule has 0 amide bonds. The molecule has 0 aliphatic carbocycles. The van der Waals surface area contributed by atoms with Crippen molar-refractivity contribution >= 4 is 0 Å². The van der Waals surface area contributed by atoms with Crippen molar-refractivity contribution in [3.8, 4) is 0 Å². The fourth-order valence-corrected chi connectivity index (χ4v) is 1.60. The number of hydrogen-bond donors (Lipinski definition) is 1. The van der Waals surface area contributed by atoms with Crippen molar-refractivity contribution in [3.63, 3.8) is 0 Å². The van der Waals surface area contributed by atoms with Crippen LogP contribution in [-0.4, -0.2) is 24.5 Å². The van der Waals surface area contributed by atoms with Gasteiger partial charge in [-0.25, -0.2) is 0 Å². The lowest BCUT2D eigenvalue weighted by Crippen LogP contribution is -2.30. The molecule has 1 atom stereocenters. The van der Waals surface area contributed by atoms with Gasteiger partial charge >= 0.3 is 0 Å². The van der Waals surface area contributed by atoms with E-state index in [9.17, 15) is 0 Å². The van der Waals surface area contributed by atoms with Crippen LogP contribution in [0.15, 0.2) is 24.3 Å². The molecular weight excluding hydrogens is 184 g/mol. The summed E-state index contributed by atoms with van der Waals surface area (Å²) in [5, 5.41) is 0. The van der Waals surface area contributed by atoms with Gasteiger partial charge in [0.2, 0.25) is 0 Å². The fraction of sp³-hybridized carbons (Fsp3) is 0.538. The highest BCUT2D eigenvalue weighted by Crippen LogP contribution is 2.09. The molecule has 15 heavy (non-hydrogen) atoms. The lowest BCUT2D eigenvalue weighted by Gasteiger charge is -2.24. The van der Waals surface area contributed by atoms with Gasteiger partial charge < -0.3 is 5.73 Å². The first-order chi connectivity index (χ1) is 7.13. The van der Waals surface area contributed by atoms with Crippen LogP contribution in [0.25, 0.3) is 0 Å². The van der Waals surface area contributed by atoms with Crippen molar-refractivity contribution in [2.45, 2.75) is 32.9 Å². The normalized spacial score (nSPS) is 13.1. The smallest absolute Gasteiger partial charge is 0.0233 e. The molecule has 0 spiro atoms. The van der Waals surface area contributed by atoms with E-state index in [1.165, 1.54) is 11.1 Å². The molecule has 1 rings (SSSR count). The third-order valence-electron chi connectivity index (χ3n) is 2.89. The molecule has 0 radical (unpaired) electrons. The zero-order valence-electron chi connectivity index (χ0n) is 10.0. The molecule has 2 N–H and O–H groups in total. The summed E-state index contributed by atoms with van der Waals surface area (Å²) < 4.78 is 0. The second-order valence-corrected chi connectivity index (χ2v) is 4.33. The molecule has 0 aliphatic rings. The van der Waals surface area contributed by atoms with Gasteiger partial charge in [-0.3, -0.25) is 4.90 Å². The molecular formula is C13H22N2. The topological polar surface area (TPSA) is 29.3 Å². The molecule has 1 aromatic carbocycles. The Hall–Kier alpha value is -0.860. The summed E-state index contributed by atoms with van der Waals surface area (Å²) in [5.41, 5.74) is 8.24. The highest BCUT2D eigenvalue weighted by molar-refractivity contribution is 5.21. The Balaban J connectivity index is 2.50. The maximum absolute atomic E-state index is 5.55. The molecule has 1 unspecified atom stereocenters. The van der Waals surface area contributed by atoms with Crippen LogP contribution in [0, 0.1) is 6.92 Å². The zero-order chi connectivity index (χ0) is 11.3. The van der Waals surface area contributed by atoms with E-state index in [0.29, 0.717) is 6.04 Å². The predicted octanol–water partition coefficient (Wildman–Crippen LogP) is 2.16. The lowest BCUT2D eigenvalue weighted by molar-refractivity contribution is 0.240. The minimum atomic E-state index is 0.552. The summed E-state index contributed by atoms with van der Waals surface area (Å²) >= 11 is 0. The van der Waals surface area contributed by atoms with E-state index < -0.39 is 0 Å². The lowest BCUT2D eigenvalue weighted by atomic mass is 10.1. The van der Waals surface area contributed by atoms with Gasteiger partial charge in [0.05, 0.1) is 0 Å². The number of rotatable bonds is 5. The average molecular weight is 206 g/mol. The predicted molar refractivity (Wildman–Crippen MR) is 65.8 cm³/mol. The average Bonchev–Trinajstić information content (AvgIpc) is 2.22. The van der Waals surface area contributed by atoms with Crippen molar-refractivity contribution in [2.75, 3.05) is 13.6 Å². The molecule has 2 nitrogen and oxygen atoms in total. The summed E-state index contributed by atoms with van der Waals surface area (Å²) in [5.74, 6) is 0. The Morgan fingerprint density at radius 1 is 1.27 bits per heavy atom. The van der Waals surface area contributed by atoms with Crippen molar-refractivity contribution in [1.82, 2.24) is 4.90 Å². The summed E-state index contributed by atoms with van der Waals surface area (Å²) in [7, 11) is 2.15. The zero-order valence-corrected chi connectivity index (χ0v) is 10.0. The first-order valence-electron chi connectivity index (χ1n) is 5.59. The van der Waals surface area contributed by atoms with Crippen LogP contribution in [0.4, 0.5) is 0 Å². The van der Waals surface area contributed by atoms with Crippen LogP contribution in [0.1, 0.15) is 24.5 Å². The van der Waals surface area contributed by atoms with E-state index in [0.717, 1.165) is 19.5 Å². The molecule has 0 aliphatic heterocycles. The maximum Gasteiger partial charge on any atom is 0.0233 e. The first-order valence-corrected chi connectivity index (χ1v) is 5.59. The quantitative estimate of drug-likeness (QED) is 0.800. The number of hydrogen-bond acceptors (Lipinski definition) is 2. The Morgan fingerprint density at radius 2 is 1.87 bits per heavy atom. The largest absolute Gasteiger partial charge is 0.330 e. The fourth-order valence-electron chi connectivity index (χ4n) is 1.60. The highest BCUT2D eigenvalue weighted by Gasteiger charge is 2.07. The van der Waals surface area contributed by atoms with Crippen LogP contribution in [0.5, 0.6) is 0 Å². The second kappa shape index (κ2) is 5.89. The van der Waals surface area contributed by atoms with E-state index in [1.54, 1.807) is 0 Å². The summed E-state index contributed by atoms with van der Waals surface area (Å²) in [6.07, 6.45) is 1.06. The number of aryl methyl sites for hydroxylation is 1. The van der Waals surface area contributed by atoms with Gasteiger partial charge in [0.15, 0.2) is 0 Å². The Bertz CT molecular complexity index is 279. The van der Waals surface area contributed by atoms with Crippen molar-refractivity contribution in [1.29, 1.82) is 0 Å². The van der Waals surface area contributed by atoms with Gasteiger partial charge in [-0.15, -0.1) is 0 Å². The molecule has 0 fully saturated rings. The van der Waals surface area contributed by atoms with E-state index in [1.807, 2.05) is 0 Å².